The molecule has 0 unspecified atom stereocenters. The number of amides is 1. The highest BCUT2D eigenvalue weighted by Gasteiger charge is 2.06. The molecule has 0 aliphatic heterocycles. The van der Waals surface area contributed by atoms with Crippen LogP contribution in [0.5, 0.6) is 0 Å². The number of hydrogen-bond donors (Lipinski definition) is 1. The summed E-state index contributed by atoms with van der Waals surface area (Å²) >= 11 is 19.6. The van der Waals surface area contributed by atoms with E-state index in [0.717, 1.165) is 22.6 Å². The van der Waals surface area contributed by atoms with Crippen LogP contribution in [0.4, 0.5) is 0 Å². The molecule has 1 N–H and O–H groups in total. The van der Waals surface area contributed by atoms with Crippen LogP contribution in [0.3, 0.4) is 0 Å². The fraction of sp³-hybridized carbons (Fsp3) is 0.235. The topological polar surface area (TPSA) is 29.1 Å². The van der Waals surface area contributed by atoms with Crippen molar-refractivity contribution < 1.29 is 4.79 Å². The molecular formula is C17H16Cl3NOS. The Labute approximate surface area is 155 Å². The SMILES string of the molecule is O=C(Cc1ccccc1Cl)NCCSCc1ccc(Cl)c(Cl)c1. The van der Waals surface area contributed by atoms with Crippen LogP contribution in [-0.4, -0.2) is 18.2 Å². The molecule has 0 bridgehead atoms. The summed E-state index contributed by atoms with van der Waals surface area (Å²) in [7, 11) is 0. The third-order valence-electron chi connectivity index (χ3n) is 3.13. The van der Waals surface area contributed by atoms with E-state index in [2.05, 4.69) is 5.32 Å². The Bertz CT molecular complexity index is 679. The van der Waals surface area contributed by atoms with Gasteiger partial charge in [-0.1, -0.05) is 59.1 Å². The molecule has 2 aromatic rings. The molecule has 23 heavy (non-hydrogen) atoms. The zero-order valence-corrected chi connectivity index (χ0v) is 15.4. The molecule has 122 valence electrons. The van der Waals surface area contributed by atoms with E-state index in [1.54, 1.807) is 23.9 Å². The van der Waals surface area contributed by atoms with Crippen LogP contribution in [0.25, 0.3) is 0 Å². The van der Waals surface area contributed by atoms with Gasteiger partial charge in [0.2, 0.25) is 5.91 Å². The van der Waals surface area contributed by atoms with Crippen molar-refractivity contribution in [2.75, 3.05) is 12.3 Å². The van der Waals surface area contributed by atoms with E-state index >= 15 is 0 Å². The van der Waals surface area contributed by atoms with Gasteiger partial charge in [0.05, 0.1) is 16.5 Å². The smallest absolute Gasteiger partial charge is 0.224 e. The maximum atomic E-state index is 11.9. The van der Waals surface area contributed by atoms with Crippen molar-refractivity contribution in [1.82, 2.24) is 5.32 Å². The van der Waals surface area contributed by atoms with Gasteiger partial charge in [-0.05, 0) is 29.3 Å². The molecule has 0 aromatic heterocycles. The van der Waals surface area contributed by atoms with Crippen molar-refractivity contribution in [1.29, 1.82) is 0 Å². The highest BCUT2D eigenvalue weighted by Crippen LogP contribution is 2.24. The van der Waals surface area contributed by atoms with E-state index in [1.807, 2.05) is 30.3 Å². The lowest BCUT2D eigenvalue weighted by molar-refractivity contribution is -0.120. The minimum atomic E-state index is -0.0202. The van der Waals surface area contributed by atoms with Crippen LogP contribution in [0.15, 0.2) is 42.5 Å². The minimum absolute atomic E-state index is 0.0202. The van der Waals surface area contributed by atoms with Gasteiger partial charge < -0.3 is 5.32 Å². The van der Waals surface area contributed by atoms with Crippen LogP contribution >= 0.6 is 46.6 Å². The maximum Gasteiger partial charge on any atom is 0.224 e. The van der Waals surface area contributed by atoms with Crippen LogP contribution in [0.2, 0.25) is 15.1 Å². The molecule has 0 saturated carbocycles. The lowest BCUT2D eigenvalue weighted by Gasteiger charge is -2.07. The average Bonchev–Trinajstić information content (AvgIpc) is 2.53. The Hall–Kier alpha value is -0.870. The van der Waals surface area contributed by atoms with Gasteiger partial charge in [-0.25, -0.2) is 0 Å². The molecule has 2 aromatic carbocycles. The number of rotatable bonds is 7. The predicted octanol–water partition coefficient (Wildman–Crippen LogP) is 5.24. The Morgan fingerprint density at radius 1 is 1.00 bits per heavy atom. The molecule has 0 atom stereocenters. The van der Waals surface area contributed by atoms with E-state index in [1.165, 1.54) is 0 Å². The third kappa shape index (κ3) is 6.27. The minimum Gasteiger partial charge on any atom is -0.355 e. The Kier molecular flexibility index (Phi) is 7.57. The first-order valence-corrected chi connectivity index (χ1v) is 9.37. The quantitative estimate of drug-likeness (QED) is 0.657. The number of benzene rings is 2. The number of hydrogen-bond acceptors (Lipinski definition) is 2. The van der Waals surface area contributed by atoms with Gasteiger partial charge in [-0.2, -0.15) is 11.8 Å². The molecule has 0 spiro atoms. The molecular weight excluding hydrogens is 373 g/mol. The van der Waals surface area contributed by atoms with Crippen molar-refractivity contribution in [2.24, 2.45) is 0 Å². The van der Waals surface area contributed by atoms with Crippen molar-refractivity contribution in [3.63, 3.8) is 0 Å². The van der Waals surface area contributed by atoms with Gasteiger partial charge in [0, 0.05) is 23.1 Å². The summed E-state index contributed by atoms with van der Waals surface area (Å²) in [4.78, 5) is 11.9. The Morgan fingerprint density at radius 3 is 2.52 bits per heavy atom. The summed E-state index contributed by atoms with van der Waals surface area (Å²) in [6, 6.07) is 13.0. The van der Waals surface area contributed by atoms with E-state index in [0.29, 0.717) is 28.0 Å². The number of nitrogens with one attached hydrogen (secondary N) is 1. The van der Waals surface area contributed by atoms with Gasteiger partial charge in [0.15, 0.2) is 0 Å². The Morgan fingerprint density at radius 2 is 1.78 bits per heavy atom. The fourth-order valence-corrected chi connectivity index (χ4v) is 3.29. The third-order valence-corrected chi connectivity index (χ3v) is 5.27. The molecule has 0 aliphatic carbocycles. The molecule has 0 heterocycles. The zero-order chi connectivity index (χ0) is 16.7. The lowest BCUT2D eigenvalue weighted by atomic mass is 10.1. The van der Waals surface area contributed by atoms with Crippen LogP contribution < -0.4 is 5.32 Å². The molecule has 0 fully saturated rings. The first-order valence-electron chi connectivity index (χ1n) is 7.08. The monoisotopic (exact) mass is 387 g/mol. The van der Waals surface area contributed by atoms with Crippen molar-refractivity contribution in [2.45, 2.75) is 12.2 Å². The number of carbonyl (C=O) groups excluding carboxylic acids is 1. The van der Waals surface area contributed by atoms with Crippen LogP contribution in [0.1, 0.15) is 11.1 Å². The highest BCUT2D eigenvalue weighted by atomic mass is 35.5. The number of carbonyl (C=O) groups is 1. The molecule has 2 nitrogen and oxygen atoms in total. The normalized spacial score (nSPS) is 10.6. The molecule has 0 radical (unpaired) electrons. The standard InChI is InChI=1S/C17H16Cl3NOS/c18-14-4-2-1-3-13(14)10-17(22)21-7-8-23-11-12-5-6-15(19)16(20)9-12/h1-6,9H,7-8,10-11H2,(H,21,22). The first kappa shape index (κ1) is 18.5. The van der Waals surface area contributed by atoms with Gasteiger partial charge >= 0.3 is 0 Å². The second kappa shape index (κ2) is 9.43. The molecule has 0 saturated heterocycles. The van der Waals surface area contributed by atoms with Crippen LogP contribution in [0, 0.1) is 0 Å². The molecule has 6 heteroatoms. The molecule has 1 amide bonds. The predicted molar refractivity (Wildman–Crippen MR) is 101 cm³/mol. The lowest BCUT2D eigenvalue weighted by Crippen LogP contribution is -2.27. The summed E-state index contributed by atoms with van der Waals surface area (Å²) in [6.07, 6.45) is 0.303. The van der Waals surface area contributed by atoms with Crippen molar-refractivity contribution in [3.8, 4) is 0 Å². The average molecular weight is 389 g/mol. The maximum absolute atomic E-state index is 11.9. The zero-order valence-electron chi connectivity index (χ0n) is 12.3. The summed E-state index contributed by atoms with van der Waals surface area (Å²) in [5.74, 6) is 1.64. The van der Waals surface area contributed by atoms with Crippen molar-refractivity contribution >= 4 is 52.5 Å². The summed E-state index contributed by atoms with van der Waals surface area (Å²) < 4.78 is 0. The summed E-state index contributed by atoms with van der Waals surface area (Å²) in [6.45, 7) is 0.620. The Balaban J connectivity index is 1.66. The molecule has 2 rings (SSSR count). The van der Waals surface area contributed by atoms with E-state index < -0.39 is 0 Å². The summed E-state index contributed by atoms with van der Waals surface area (Å²) in [5, 5.41) is 4.65. The fourth-order valence-electron chi connectivity index (χ4n) is 1.96. The van der Waals surface area contributed by atoms with Gasteiger partial charge in [-0.15, -0.1) is 0 Å². The van der Waals surface area contributed by atoms with Gasteiger partial charge in [-0.3, -0.25) is 4.79 Å². The van der Waals surface area contributed by atoms with Gasteiger partial charge in [0.25, 0.3) is 0 Å². The van der Waals surface area contributed by atoms with E-state index in [4.69, 9.17) is 34.8 Å². The second-order valence-corrected chi connectivity index (χ2v) is 7.25. The first-order chi connectivity index (χ1) is 11.1. The number of thioether (sulfide) groups is 1. The van der Waals surface area contributed by atoms with Crippen molar-refractivity contribution in [3.05, 3.63) is 68.7 Å². The van der Waals surface area contributed by atoms with E-state index in [9.17, 15) is 4.79 Å². The van der Waals surface area contributed by atoms with Gasteiger partial charge in [0.1, 0.15) is 0 Å². The molecule has 0 aliphatic rings. The second-order valence-electron chi connectivity index (χ2n) is 4.92. The largest absolute Gasteiger partial charge is 0.355 e. The van der Waals surface area contributed by atoms with E-state index in [-0.39, 0.29) is 5.91 Å². The number of halogens is 3. The van der Waals surface area contributed by atoms with Crippen LogP contribution in [-0.2, 0) is 17.0 Å². The summed E-state index contributed by atoms with van der Waals surface area (Å²) in [5.41, 5.74) is 1.96. The highest BCUT2D eigenvalue weighted by molar-refractivity contribution is 7.98.